The van der Waals surface area contributed by atoms with Gasteiger partial charge in [-0.05, 0) is 19.8 Å². The molecule has 7 nitrogen and oxygen atoms in total. The number of aromatic nitrogens is 3. The number of nitrogens with zero attached hydrogens (tertiary/aromatic N) is 3. The Balaban J connectivity index is 2.82. The number of hydrogen-bond donors (Lipinski definition) is 3. The molecule has 7 heteroatoms. The number of nitrogens with two attached hydrogens (primary N) is 1. The Hall–Kier alpha value is -1.92. The van der Waals surface area contributed by atoms with Crippen LogP contribution in [0.1, 0.15) is 32.5 Å². The quantitative estimate of drug-likeness (QED) is 0.694. The van der Waals surface area contributed by atoms with E-state index in [1.165, 1.54) is 0 Å². The van der Waals surface area contributed by atoms with Crippen LogP contribution in [0.3, 0.4) is 0 Å². The average molecular weight is 253 g/mol. The molecule has 0 amide bonds. The Morgan fingerprint density at radius 1 is 1.33 bits per heavy atom. The normalized spacial score (nSPS) is 11.3. The van der Waals surface area contributed by atoms with E-state index in [1.54, 1.807) is 6.92 Å². The van der Waals surface area contributed by atoms with Gasteiger partial charge in [-0.1, -0.05) is 13.8 Å². The molecular weight excluding hydrogens is 234 g/mol. The van der Waals surface area contributed by atoms with E-state index in [-0.39, 0.29) is 12.5 Å². The largest absolute Gasteiger partial charge is 0.481 e. The molecule has 1 aromatic rings. The fraction of sp³-hybridized carbons (Fsp3) is 0.636. The molecule has 1 rings (SSSR count). The standard InChI is InChI=1S/C11H19N5O2/c1-4-11(5-2,8(17)18)6-13-10-15-7(3)14-9(12)16-10/h4-6H2,1-3H3,(H,17,18)(H3,12,13,14,15,16). The van der Waals surface area contributed by atoms with E-state index in [1.807, 2.05) is 13.8 Å². The second kappa shape index (κ2) is 5.61. The van der Waals surface area contributed by atoms with E-state index in [2.05, 4.69) is 20.3 Å². The van der Waals surface area contributed by atoms with Crippen LogP contribution in [-0.2, 0) is 4.79 Å². The van der Waals surface area contributed by atoms with Crippen LogP contribution < -0.4 is 11.1 Å². The Bertz CT molecular complexity index is 411. The number of aliphatic carboxylic acids is 1. The van der Waals surface area contributed by atoms with Gasteiger partial charge in [-0.15, -0.1) is 0 Å². The predicted octanol–water partition coefficient (Wildman–Crippen LogP) is 1.07. The number of nitrogens with one attached hydrogen (secondary N) is 1. The number of anilines is 2. The summed E-state index contributed by atoms with van der Waals surface area (Å²) in [5.41, 5.74) is 4.69. The molecule has 0 aromatic carbocycles. The van der Waals surface area contributed by atoms with Gasteiger partial charge < -0.3 is 16.2 Å². The number of rotatable bonds is 6. The van der Waals surface area contributed by atoms with Gasteiger partial charge in [0, 0.05) is 6.54 Å². The minimum absolute atomic E-state index is 0.124. The molecule has 0 bridgehead atoms. The number of carbonyl (C=O) groups is 1. The van der Waals surface area contributed by atoms with Crippen LogP contribution in [0.2, 0.25) is 0 Å². The first-order valence-corrected chi connectivity index (χ1v) is 5.89. The SMILES string of the molecule is CCC(CC)(CNc1nc(C)nc(N)n1)C(=O)O. The lowest BCUT2D eigenvalue weighted by Gasteiger charge is -2.26. The molecule has 100 valence electrons. The van der Waals surface area contributed by atoms with Crippen molar-refractivity contribution in [2.45, 2.75) is 33.6 Å². The van der Waals surface area contributed by atoms with Crippen LogP contribution in [0.4, 0.5) is 11.9 Å². The first-order valence-electron chi connectivity index (χ1n) is 5.89. The molecule has 1 aromatic heterocycles. The summed E-state index contributed by atoms with van der Waals surface area (Å²) in [5, 5.41) is 12.2. The molecule has 0 aliphatic rings. The molecular formula is C11H19N5O2. The Kier molecular flexibility index (Phi) is 4.41. The Morgan fingerprint density at radius 2 is 1.94 bits per heavy atom. The minimum Gasteiger partial charge on any atom is -0.481 e. The molecule has 0 atom stereocenters. The van der Waals surface area contributed by atoms with Crippen molar-refractivity contribution in [1.82, 2.24) is 15.0 Å². The maximum absolute atomic E-state index is 11.3. The molecule has 0 unspecified atom stereocenters. The van der Waals surface area contributed by atoms with Gasteiger partial charge in [0.2, 0.25) is 11.9 Å². The van der Waals surface area contributed by atoms with E-state index in [4.69, 9.17) is 5.73 Å². The van der Waals surface area contributed by atoms with E-state index in [0.717, 1.165) is 0 Å². The maximum atomic E-state index is 11.3. The minimum atomic E-state index is -0.821. The highest BCUT2D eigenvalue weighted by atomic mass is 16.4. The van der Waals surface area contributed by atoms with Crippen LogP contribution in [0, 0.1) is 12.3 Å². The molecule has 4 N–H and O–H groups in total. The highest BCUT2D eigenvalue weighted by molar-refractivity contribution is 5.75. The summed E-state index contributed by atoms with van der Waals surface area (Å²) in [5.74, 6) is 0.115. The van der Waals surface area contributed by atoms with Crippen LogP contribution >= 0.6 is 0 Å². The highest BCUT2D eigenvalue weighted by Crippen LogP contribution is 2.26. The maximum Gasteiger partial charge on any atom is 0.311 e. The fourth-order valence-electron chi connectivity index (χ4n) is 1.71. The van der Waals surface area contributed by atoms with Crippen LogP contribution in [0.15, 0.2) is 0 Å². The van der Waals surface area contributed by atoms with Crippen molar-refractivity contribution in [2.75, 3.05) is 17.6 Å². The summed E-state index contributed by atoms with van der Waals surface area (Å²) in [6.45, 7) is 5.67. The molecule has 0 spiro atoms. The number of aryl methyl sites for hydroxylation is 1. The molecule has 0 aliphatic carbocycles. The van der Waals surface area contributed by atoms with Gasteiger partial charge >= 0.3 is 5.97 Å². The Labute approximate surface area is 106 Å². The van der Waals surface area contributed by atoms with Gasteiger partial charge in [-0.2, -0.15) is 15.0 Å². The van der Waals surface area contributed by atoms with E-state index in [0.29, 0.717) is 24.6 Å². The molecule has 1 heterocycles. The third-order valence-corrected chi connectivity index (χ3v) is 3.16. The van der Waals surface area contributed by atoms with Gasteiger partial charge in [-0.25, -0.2) is 0 Å². The van der Waals surface area contributed by atoms with Crippen molar-refractivity contribution >= 4 is 17.9 Å². The van der Waals surface area contributed by atoms with Crippen molar-refractivity contribution in [3.05, 3.63) is 5.82 Å². The number of hydrogen-bond acceptors (Lipinski definition) is 6. The third kappa shape index (κ3) is 3.06. The lowest BCUT2D eigenvalue weighted by Crippen LogP contribution is -2.37. The van der Waals surface area contributed by atoms with Crippen LogP contribution in [-0.4, -0.2) is 32.6 Å². The summed E-state index contributed by atoms with van der Waals surface area (Å²) in [6, 6.07) is 0. The zero-order valence-corrected chi connectivity index (χ0v) is 10.9. The topological polar surface area (TPSA) is 114 Å². The second-order valence-electron chi connectivity index (χ2n) is 4.21. The van der Waals surface area contributed by atoms with Gasteiger partial charge in [0.05, 0.1) is 5.41 Å². The average Bonchev–Trinajstić information content (AvgIpc) is 2.29. The lowest BCUT2D eigenvalue weighted by atomic mass is 9.82. The molecule has 0 saturated heterocycles. The first kappa shape index (κ1) is 14.1. The number of carboxylic acids is 1. The highest BCUT2D eigenvalue weighted by Gasteiger charge is 2.34. The zero-order valence-electron chi connectivity index (χ0n) is 10.9. The molecule has 0 fully saturated rings. The van der Waals surface area contributed by atoms with Crippen molar-refractivity contribution in [3.63, 3.8) is 0 Å². The van der Waals surface area contributed by atoms with E-state index >= 15 is 0 Å². The summed E-state index contributed by atoms with van der Waals surface area (Å²) >= 11 is 0. The fourth-order valence-corrected chi connectivity index (χ4v) is 1.71. The van der Waals surface area contributed by atoms with Crippen molar-refractivity contribution < 1.29 is 9.90 Å². The van der Waals surface area contributed by atoms with Crippen molar-refractivity contribution in [2.24, 2.45) is 5.41 Å². The van der Waals surface area contributed by atoms with Crippen molar-refractivity contribution in [1.29, 1.82) is 0 Å². The van der Waals surface area contributed by atoms with Gasteiger partial charge in [0.15, 0.2) is 0 Å². The summed E-state index contributed by atoms with van der Waals surface area (Å²) in [7, 11) is 0. The number of nitrogen functional groups attached to an aromatic ring is 1. The number of carboxylic acid groups (broad SMARTS) is 1. The van der Waals surface area contributed by atoms with Gasteiger partial charge in [0.25, 0.3) is 0 Å². The lowest BCUT2D eigenvalue weighted by molar-refractivity contribution is -0.148. The smallest absolute Gasteiger partial charge is 0.311 e. The summed E-state index contributed by atoms with van der Waals surface area (Å²) in [6.07, 6.45) is 1.07. The van der Waals surface area contributed by atoms with Gasteiger partial charge in [0.1, 0.15) is 5.82 Å². The Morgan fingerprint density at radius 3 is 2.39 bits per heavy atom. The monoisotopic (exact) mass is 253 g/mol. The summed E-state index contributed by atoms with van der Waals surface area (Å²) in [4.78, 5) is 23.1. The van der Waals surface area contributed by atoms with E-state index < -0.39 is 11.4 Å². The molecule has 0 aliphatic heterocycles. The molecule has 18 heavy (non-hydrogen) atoms. The van der Waals surface area contributed by atoms with Crippen LogP contribution in [0.5, 0.6) is 0 Å². The molecule has 0 saturated carbocycles. The zero-order chi connectivity index (χ0) is 13.8. The van der Waals surface area contributed by atoms with E-state index in [9.17, 15) is 9.90 Å². The molecule has 0 radical (unpaired) electrons. The first-order chi connectivity index (χ1) is 8.43. The third-order valence-electron chi connectivity index (χ3n) is 3.16. The van der Waals surface area contributed by atoms with Crippen molar-refractivity contribution in [3.8, 4) is 0 Å². The van der Waals surface area contributed by atoms with Crippen LogP contribution in [0.25, 0.3) is 0 Å². The summed E-state index contributed by atoms with van der Waals surface area (Å²) < 4.78 is 0. The predicted molar refractivity (Wildman–Crippen MR) is 68.1 cm³/mol. The second-order valence-corrected chi connectivity index (χ2v) is 4.21. The van der Waals surface area contributed by atoms with Gasteiger partial charge in [-0.3, -0.25) is 4.79 Å².